The first-order chi connectivity index (χ1) is 7.31. The second kappa shape index (κ2) is 4.09. The van der Waals surface area contributed by atoms with Crippen molar-refractivity contribution in [1.82, 2.24) is 9.97 Å². The highest BCUT2D eigenvalue weighted by atomic mass is 16.3. The van der Waals surface area contributed by atoms with Gasteiger partial charge in [-0.15, -0.1) is 0 Å². The maximum atomic E-state index is 9.67. The molecule has 3 heteroatoms. The number of nitrogens with zero attached hydrogens (tertiary/aromatic N) is 2. The summed E-state index contributed by atoms with van der Waals surface area (Å²) in [5.41, 5.74) is 1.51. The van der Waals surface area contributed by atoms with E-state index in [-0.39, 0.29) is 5.75 Å². The van der Waals surface area contributed by atoms with E-state index in [9.17, 15) is 5.11 Å². The van der Waals surface area contributed by atoms with E-state index in [1.807, 2.05) is 19.1 Å². The molecule has 0 atom stereocenters. The van der Waals surface area contributed by atoms with Crippen LogP contribution in [0.2, 0.25) is 0 Å². The van der Waals surface area contributed by atoms with Gasteiger partial charge in [0.15, 0.2) is 0 Å². The summed E-state index contributed by atoms with van der Waals surface area (Å²) in [7, 11) is 0. The number of phenols is 1. The Kier molecular flexibility index (Phi) is 2.63. The van der Waals surface area contributed by atoms with Crippen LogP contribution in [0.5, 0.6) is 5.75 Å². The molecule has 2 rings (SSSR count). The summed E-state index contributed by atoms with van der Waals surface area (Å²) in [6.07, 6.45) is 2.51. The molecule has 1 aromatic carbocycles. The van der Waals surface area contributed by atoms with E-state index in [1.54, 1.807) is 24.4 Å². The van der Waals surface area contributed by atoms with E-state index < -0.39 is 0 Å². The molecule has 1 aromatic heterocycles. The average molecular weight is 200 g/mol. The molecule has 2 aromatic rings. The van der Waals surface area contributed by atoms with Crippen LogP contribution < -0.4 is 0 Å². The number of aromatic hydroxyl groups is 1. The van der Waals surface area contributed by atoms with E-state index in [0.29, 0.717) is 0 Å². The Labute approximate surface area is 88.5 Å². The Morgan fingerprint density at radius 3 is 2.73 bits per heavy atom. The predicted octanol–water partition coefficient (Wildman–Crippen LogP) is 2.41. The van der Waals surface area contributed by atoms with E-state index in [1.165, 1.54) is 0 Å². The van der Waals surface area contributed by atoms with Crippen molar-refractivity contribution in [3.8, 4) is 17.0 Å². The molecule has 0 fully saturated rings. The van der Waals surface area contributed by atoms with Crippen LogP contribution in [0.3, 0.4) is 0 Å². The molecular formula is C12H12N2O. The molecule has 3 nitrogen and oxygen atoms in total. The zero-order chi connectivity index (χ0) is 10.7. The van der Waals surface area contributed by atoms with Crippen LogP contribution in [0.25, 0.3) is 11.3 Å². The third-order valence-electron chi connectivity index (χ3n) is 2.20. The van der Waals surface area contributed by atoms with Crippen molar-refractivity contribution >= 4 is 0 Å². The van der Waals surface area contributed by atoms with Crippen LogP contribution in [-0.2, 0) is 6.42 Å². The summed E-state index contributed by atoms with van der Waals surface area (Å²) < 4.78 is 0. The number of phenolic OH excluding ortho intramolecular Hbond substituents is 1. The summed E-state index contributed by atoms with van der Waals surface area (Å²) in [5, 5.41) is 9.67. The van der Waals surface area contributed by atoms with Gasteiger partial charge in [0, 0.05) is 18.2 Å². The lowest BCUT2D eigenvalue weighted by atomic mass is 10.1. The number of hydrogen-bond acceptors (Lipinski definition) is 3. The van der Waals surface area contributed by atoms with Gasteiger partial charge in [-0.05, 0) is 18.2 Å². The minimum absolute atomic E-state index is 0.248. The van der Waals surface area contributed by atoms with Crippen molar-refractivity contribution in [3.63, 3.8) is 0 Å². The first-order valence-corrected chi connectivity index (χ1v) is 4.91. The highest BCUT2D eigenvalue weighted by Crippen LogP contribution is 2.26. The molecule has 0 bridgehead atoms. The van der Waals surface area contributed by atoms with Gasteiger partial charge in [-0.3, -0.25) is 0 Å². The Morgan fingerprint density at radius 2 is 2.00 bits per heavy atom. The normalized spacial score (nSPS) is 10.2. The van der Waals surface area contributed by atoms with Crippen molar-refractivity contribution in [1.29, 1.82) is 0 Å². The predicted molar refractivity (Wildman–Crippen MR) is 58.5 cm³/mol. The molecular weight excluding hydrogens is 188 g/mol. The van der Waals surface area contributed by atoms with Crippen LogP contribution in [0, 0.1) is 0 Å². The van der Waals surface area contributed by atoms with Crippen LogP contribution in [0.1, 0.15) is 12.7 Å². The standard InChI is InChI=1S/C12H12N2O/c1-2-12-13-8-7-10(14-12)9-5-3-4-6-11(9)15/h3-8,15H,2H2,1H3. The summed E-state index contributed by atoms with van der Waals surface area (Å²) in [6, 6.07) is 8.97. The van der Waals surface area contributed by atoms with Crippen molar-refractivity contribution < 1.29 is 5.11 Å². The molecule has 1 heterocycles. The molecule has 0 aliphatic carbocycles. The van der Waals surface area contributed by atoms with Crippen molar-refractivity contribution in [2.24, 2.45) is 0 Å². The molecule has 0 aliphatic rings. The van der Waals surface area contributed by atoms with Crippen LogP contribution in [-0.4, -0.2) is 15.1 Å². The van der Waals surface area contributed by atoms with Crippen LogP contribution in [0.4, 0.5) is 0 Å². The first kappa shape index (κ1) is 9.65. The van der Waals surface area contributed by atoms with Gasteiger partial charge >= 0.3 is 0 Å². The van der Waals surface area contributed by atoms with E-state index in [0.717, 1.165) is 23.5 Å². The van der Waals surface area contributed by atoms with Crippen LogP contribution in [0.15, 0.2) is 36.5 Å². The van der Waals surface area contributed by atoms with E-state index in [2.05, 4.69) is 9.97 Å². The quantitative estimate of drug-likeness (QED) is 0.809. The fraction of sp³-hybridized carbons (Fsp3) is 0.167. The van der Waals surface area contributed by atoms with E-state index >= 15 is 0 Å². The lowest BCUT2D eigenvalue weighted by Gasteiger charge is -2.04. The fourth-order valence-electron chi connectivity index (χ4n) is 1.41. The number of para-hydroxylation sites is 1. The number of aryl methyl sites for hydroxylation is 1. The van der Waals surface area contributed by atoms with Gasteiger partial charge < -0.3 is 5.11 Å². The minimum Gasteiger partial charge on any atom is -0.507 e. The molecule has 0 unspecified atom stereocenters. The lowest BCUT2D eigenvalue weighted by Crippen LogP contribution is -1.93. The van der Waals surface area contributed by atoms with E-state index in [4.69, 9.17) is 0 Å². The third kappa shape index (κ3) is 1.96. The van der Waals surface area contributed by atoms with Crippen molar-refractivity contribution in [2.45, 2.75) is 13.3 Å². The van der Waals surface area contributed by atoms with Gasteiger partial charge in [0.1, 0.15) is 11.6 Å². The lowest BCUT2D eigenvalue weighted by molar-refractivity contribution is 0.477. The van der Waals surface area contributed by atoms with Crippen molar-refractivity contribution in [2.75, 3.05) is 0 Å². The Bertz CT molecular complexity index is 469. The smallest absolute Gasteiger partial charge is 0.128 e. The zero-order valence-corrected chi connectivity index (χ0v) is 8.51. The number of rotatable bonds is 2. The highest BCUT2D eigenvalue weighted by molar-refractivity contribution is 5.66. The van der Waals surface area contributed by atoms with Gasteiger partial charge in [0.2, 0.25) is 0 Å². The summed E-state index contributed by atoms with van der Waals surface area (Å²) in [5.74, 6) is 1.04. The average Bonchev–Trinajstić information content (AvgIpc) is 2.30. The first-order valence-electron chi connectivity index (χ1n) is 4.91. The number of hydrogen-bond donors (Lipinski definition) is 1. The molecule has 0 saturated heterocycles. The number of benzene rings is 1. The monoisotopic (exact) mass is 200 g/mol. The maximum absolute atomic E-state index is 9.67. The molecule has 0 radical (unpaired) electrons. The van der Waals surface area contributed by atoms with Gasteiger partial charge in [-0.25, -0.2) is 9.97 Å². The second-order valence-corrected chi connectivity index (χ2v) is 3.23. The molecule has 0 amide bonds. The largest absolute Gasteiger partial charge is 0.507 e. The minimum atomic E-state index is 0.248. The Hall–Kier alpha value is -1.90. The third-order valence-corrected chi connectivity index (χ3v) is 2.20. The molecule has 1 N–H and O–H groups in total. The Morgan fingerprint density at radius 1 is 1.20 bits per heavy atom. The van der Waals surface area contributed by atoms with Gasteiger partial charge in [0.25, 0.3) is 0 Å². The zero-order valence-electron chi connectivity index (χ0n) is 8.51. The number of aromatic nitrogens is 2. The molecule has 76 valence electrons. The highest BCUT2D eigenvalue weighted by Gasteiger charge is 2.04. The summed E-state index contributed by atoms with van der Waals surface area (Å²) in [4.78, 5) is 8.47. The molecule has 0 saturated carbocycles. The Balaban J connectivity index is 2.49. The van der Waals surface area contributed by atoms with Gasteiger partial charge in [-0.1, -0.05) is 19.1 Å². The molecule has 15 heavy (non-hydrogen) atoms. The second-order valence-electron chi connectivity index (χ2n) is 3.23. The molecule has 0 spiro atoms. The molecule has 0 aliphatic heterocycles. The summed E-state index contributed by atoms with van der Waals surface area (Å²) >= 11 is 0. The summed E-state index contributed by atoms with van der Waals surface area (Å²) in [6.45, 7) is 2.00. The van der Waals surface area contributed by atoms with Crippen LogP contribution >= 0.6 is 0 Å². The topological polar surface area (TPSA) is 46.0 Å². The fourth-order valence-corrected chi connectivity index (χ4v) is 1.41. The van der Waals surface area contributed by atoms with Gasteiger partial charge in [-0.2, -0.15) is 0 Å². The van der Waals surface area contributed by atoms with Gasteiger partial charge in [0.05, 0.1) is 5.69 Å². The van der Waals surface area contributed by atoms with Crippen molar-refractivity contribution in [3.05, 3.63) is 42.4 Å². The SMILES string of the molecule is CCc1nccc(-c2ccccc2O)n1. The maximum Gasteiger partial charge on any atom is 0.128 e.